The van der Waals surface area contributed by atoms with Crippen LogP contribution in [0.4, 0.5) is 15.8 Å². The molecule has 0 bridgehead atoms. The van der Waals surface area contributed by atoms with Gasteiger partial charge in [-0.05, 0) is 12.1 Å². The Morgan fingerprint density at radius 3 is 2.70 bits per heavy atom. The van der Waals surface area contributed by atoms with E-state index in [4.69, 9.17) is 0 Å². The zero-order valence-corrected chi connectivity index (χ0v) is 10.4. The van der Waals surface area contributed by atoms with E-state index in [9.17, 15) is 24.1 Å². The van der Waals surface area contributed by atoms with Crippen molar-refractivity contribution in [1.82, 2.24) is 0 Å². The van der Waals surface area contributed by atoms with Crippen molar-refractivity contribution >= 4 is 23.3 Å². The van der Waals surface area contributed by atoms with Crippen LogP contribution in [0.25, 0.3) is 0 Å². The van der Waals surface area contributed by atoms with Crippen molar-refractivity contribution in [2.75, 3.05) is 25.6 Å². The Hall–Kier alpha value is -2.55. The molecule has 0 radical (unpaired) electrons. The molecule has 8 nitrogen and oxygen atoms in total. The number of carbonyl (C=O) groups is 2. The normalized spacial score (nSPS) is 9.90. The third-order valence-corrected chi connectivity index (χ3v) is 2.05. The van der Waals surface area contributed by atoms with Gasteiger partial charge in [-0.3, -0.25) is 14.9 Å². The minimum Gasteiger partial charge on any atom is -0.454 e. The molecule has 0 aliphatic heterocycles. The summed E-state index contributed by atoms with van der Waals surface area (Å²) in [5, 5.41) is 12.8. The van der Waals surface area contributed by atoms with Crippen LogP contribution < -0.4 is 5.32 Å². The molecule has 108 valence electrons. The van der Waals surface area contributed by atoms with Gasteiger partial charge in [0.1, 0.15) is 6.61 Å². The van der Waals surface area contributed by atoms with E-state index >= 15 is 0 Å². The Kier molecular flexibility index (Phi) is 5.54. The molecule has 0 saturated carbocycles. The number of hydrogen-bond acceptors (Lipinski definition) is 6. The smallest absolute Gasteiger partial charge is 0.332 e. The lowest BCUT2D eigenvalue weighted by Crippen LogP contribution is -2.22. The molecule has 1 rings (SSSR count). The first kappa shape index (κ1) is 15.5. The zero-order chi connectivity index (χ0) is 15.1. The predicted octanol–water partition coefficient (Wildman–Crippen LogP) is 0.862. The van der Waals surface area contributed by atoms with Crippen molar-refractivity contribution in [2.45, 2.75) is 0 Å². The van der Waals surface area contributed by atoms with Gasteiger partial charge in [0.15, 0.2) is 6.61 Å². The molecule has 20 heavy (non-hydrogen) atoms. The maximum absolute atomic E-state index is 13.1. The number of anilines is 1. The predicted molar refractivity (Wildman–Crippen MR) is 64.5 cm³/mol. The van der Waals surface area contributed by atoms with E-state index in [-0.39, 0.29) is 12.3 Å². The third kappa shape index (κ3) is 4.61. The van der Waals surface area contributed by atoms with Crippen LogP contribution in [0.1, 0.15) is 0 Å². The molecule has 1 aromatic rings. The lowest BCUT2D eigenvalue weighted by molar-refractivity contribution is -0.387. The summed E-state index contributed by atoms with van der Waals surface area (Å²) in [5.41, 5.74) is -0.745. The third-order valence-electron chi connectivity index (χ3n) is 2.05. The molecule has 0 atom stereocenters. The van der Waals surface area contributed by atoms with E-state index in [0.29, 0.717) is 0 Å². The van der Waals surface area contributed by atoms with Crippen LogP contribution >= 0.6 is 0 Å². The van der Waals surface area contributed by atoms with E-state index in [2.05, 4.69) is 14.8 Å². The maximum Gasteiger partial charge on any atom is 0.332 e. The Bertz CT molecular complexity index is 534. The van der Waals surface area contributed by atoms with Gasteiger partial charge in [-0.2, -0.15) is 4.39 Å². The molecule has 1 aromatic carbocycles. The van der Waals surface area contributed by atoms with Gasteiger partial charge >= 0.3 is 11.7 Å². The highest BCUT2D eigenvalue weighted by Crippen LogP contribution is 2.21. The SMILES string of the molecule is COCC(=O)OCC(=O)Nc1ccc(F)c([N+](=O)[O-])c1. The number of nitrogens with zero attached hydrogens (tertiary/aromatic N) is 1. The summed E-state index contributed by atoms with van der Waals surface area (Å²) >= 11 is 0. The Balaban J connectivity index is 2.60. The quantitative estimate of drug-likeness (QED) is 0.472. The molecular formula is C11H11FN2O6. The summed E-state index contributed by atoms with van der Waals surface area (Å²) in [5.74, 6) is -2.46. The second-order valence-corrected chi connectivity index (χ2v) is 3.57. The number of amides is 1. The molecule has 0 aliphatic rings. The van der Waals surface area contributed by atoms with Crippen LogP contribution in [0.5, 0.6) is 0 Å². The topological polar surface area (TPSA) is 108 Å². The van der Waals surface area contributed by atoms with E-state index in [0.717, 1.165) is 18.2 Å². The average molecular weight is 286 g/mol. The highest BCUT2D eigenvalue weighted by molar-refractivity contribution is 5.93. The second-order valence-electron chi connectivity index (χ2n) is 3.57. The summed E-state index contributed by atoms with van der Waals surface area (Å²) in [6.45, 7) is -0.872. The highest BCUT2D eigenvalue weighted by atomic mass is 19.1. The van der Waals surface area contributed by atoms with Crippen molar-refractivity contribution < 1.29 is 28.4 Å². The maximum atomic E-state index is 13.1. The number of hydrogen-bond donors (Lipinski definition) is 1. The highest BCUT2D eigenvalue weighted by Gasteiger charge is 2.15. The average Bonchev–Trinajstić information content (AvgIpc) is 2.39. The number of nitro benzene ring substituents is 1. The van der Waals surface area contributed by atoms with Gasteiger partial charge in [0.25, 0.3) is 5.91 Å². The number of esters is 1. The lowest BCUT2D eigenvalue weighted by Gasteiger charge is -2.06. The van der Waals surface area contributed by atoms with Gasteiger partial charge in [-0.1, -0.05) is 0 Å². The number of methoxy groups -OCH3 is 1. The van der Waals surface area contributed by atoms with Crippen LogP contribution in [0, 0.1) is 15.9 Å². The molecule has 1 N–H and O–H groups in total. The molecule has 0 saturated heterocycles. The molecule has 0 aliphatic carbocycles. The molecule has 9 heteroatoms. The molecule has 0 heterocycles. The largest absolute Gasteiger partial charge is 0.454 e. The Morgan fingerprint density at radius 2 is 2.10 bits per heavy atom. The number of nitro groups is 1. The number of rotatable bonds is 6. The molecule has 1 amide bonds. The number of benzene rings is 1. The number of nitrogens with one attached hydrogen (secondary N) is 1. The van der Waals surface area contributed by atoms with Crippen LogP contribution in [0.2, 0.25) is 0 Å². The van der Waals surface area contributed by atoms with Crippen molar-refractivity contribution in [1.29, 1.82) is 0 Å². The van der Waals surface area contributed by atoms with Gasteiger partial charge in [0.2, 0.25) is 5.82 Å². The van der Waals surface area contributed by atoms with E-state index in [1.54, 1.807) is 0 Å². The first-order chi connectivity index (χ1) is 9.43. The molecule has 0 spiro atoms. The van der Waals surface area contributed by atoms with E-state index in [1.165, 1.54) is 7.11 Å². The summed E-state index contributed by atoms with van der Waals surface area (Å²) in [7, 11) is 1.29. The summed E-state index contributed by atoms with van der Waals surface area (Å²) in [6, 6.07) is 2.87. The van der Waals surface area contributed by atoms with Gasteiger partial charge in [0, 0.05) is 18.9 Å². The van der Waals surface area contributed by atoms with Crippen LogP contribution in [0.15, 0.2) is 18.2 Å². The van der Waals surface area contributed by atoms with Crippen molar-refractivity contribution in [3.05, 3.63) is 34.1 Å². The summed E-state index contributed by atoms with van der Waals surface area (Å²) < 4.78 is 22.1. The van der Waals surface area contributed by atoms with Gasteiger partial charge < -0.3 is 14.8 Å². The summed E-state index contributed by atoms with van der Waals surface area (Å²) in [6.07, 6.45) is 0. The van der Waals surface area contributed by atoms with Crippen LogP contribution in [-0.4, -0.2) is 37.1 Å². The molecule has 0 aromatic heterocycles. The molecule has 0 fully saturated rings. The zero-order valence-electron chi connectivity index (χ0n) is 10.4. The molecule has 0 unspecified atom stereocenters. The second kappa shape index (κ2) is 7.14. The Labute approximate surface area is 112 Å². The fraction of sp³-hybridized carbons (Fsp3) is 0.273. The number of ether oxygens (including phenoxy) is 2. The van der Waals surface area contributed by atoms with Crippen molar-refractivity contribution in [3.63, 3.8) is 0 Å². The standard InChI is InChI=1S/C11H11FN2O6/c1-19-6-11(16)20-5-10(15)13-7-2-3-8(12)9(4-7)14(17)18/h2-4H,5-6H2,1H3,(H,13,15). The van der Waals surface area contributed by atoms with E-state index in [1.807, 2.05) is 0 Å². The fourth-order valence-corrected chi connectivity index (χ4v) is 1.23. The first-order valence-corrected chi connectivity index (χ1v) is 5.32. The number of halogens is 1. The first-order valence-electron chi connectivity index (χ1n) is 5.32. The van der Waals surface area contributed by atoms with Crippen LogP contribution in [-0.2, 0) is 19.1 Å². The lowest BCUT2D eigenvalue weighted by atomic mass is 10.2. The van der Waals surface area contributed by atoms with E-state index < -0.39 is 34.9 Å². The van der Waals surface area contributed by atoms with Crippen molar-refractivity contribution in [3.8, 4) is 0 Å². The monoisotopic (exact) mass is 286 g/mol. The fourth-order valence-electron chi connectivity index (χ4n) is 1.23. The molecular weight excluding hydrogens is 275 g/mol. The van der Waals surface area contributed by atoms with Gasteiger partial charge in [-0.25, -0.2) is 4.79 Å². The Morgan fingerprint density at radius 1 is 1.40 bits per heavy atom. The minimum absolute atomic E-state index is 0.0193. The van der Waals surface area contributed by atoms with Crippen molar-refractivity contribution in [2.24, 2.45) is 0 Å². The summed E-state index contributed by atoms with van der Waals surface area (Å²) in [4.78, 5) is 31.9. The van der Waals surface area contributed by atoms with Gasteiger partial charge in [-0.15, -0.1) is 0 Å². The van der Waals surface area contributed by atoms with Crippen LogP contribution in [0.3, 0.4) is 0 Å². The minimum atomic E-state index is -1.01. The van der Waals surface area contributed by atoms with Gasteiger partial charge in [0.05, 0.1) is 4.92 Å². The number of carbonyl (C=O) groups excluding carboxylic acids is 2.